The summed E-state index contributed by atoms with van der Waals surface area (Å²) < 4.78 is 11.7. The van der Waals surface area contributed by atoms with Gasteiger partial charge in [0.25, 0.3) is 0 Å². The van der Waals surface area contributed by atoms with Crippen LogP contribution < -0.4 is 14.8 Å². The van der Waals surface area contributed by atoms with Crippen molar-refractivity contribution in [2.75, 3.05) is 6.79 Å². The van der Waals surface area contributed by atoms with Gasteiger partial charge in [-0.3, -0.25) is 4.79 Å². The molecule has 1 aliphatic heterocycles. The van der Waals surface area contributed by atoms with Crippen molar-refractivity contribution in [1.29, 1.82) is 0 Å². The molecule has 0 spiro atoms. The van der Waals surface area contributed by atoms with Crippen molar-refractivity contribution >= 4 is 22.3 Å². The zero-order chi connectivity index (χ0) is 16.1. The van der Waals surface area contributed by atoms with Crippen LogP contribution in [-0.2, 0) is 4.79 Å². The maximum absolute atomic E-state index is 10.8. The Morgan fingerprint density at radius 1 is 1.41 bits per heavy atom. The molecule has 1 heterocycles. The number of carbonyl (C=O) groups is 1. The number of ether oxygens (including phenoxy) is 2. The lowest BCUT2D eigenvalue weighted by atomic mass is 9.91. The van der Waals surface area contributed by atoms with Crippen LogP contribution in [0.3, 0.4) is 0 Å². The van der Waals surface area contributed by atoms with Crippen LogP contribution in [0.5, 0.6) is 11.5 Å². The first-order valence-electron chi connectivity index (χ1n) is 6.90. The van der Waals surface area contributed by atoms with E-state index in [0.717, 1.165) is 32.8 Å². The Balaban J connectivity index is 2.48. The highest BCUT2D eigenvalue weighted by molar-refractivity contribution is 9.10. The largest absolute Gasteiger partial charge is 0.454 e. The highest BCUT2D eigenvalue weighted by atomic mass is 79.9. The summed E-state index contributed by atoms with van der Waals surface area (Å²) in [6.45, 7) is 8.06. The first-order valence-corrected chi connectivity index (χ1v) is 7.70. The molecule has 4 nitrogen and oxygen atoms in total. The topological polar surface area (TPSA) is 47.6 Å². The fourth-order valence-electron chi connectivity index (χ4n) is 2.41. The standard InChI is InChI=1S/C17H18BrNO3/c1-4-6-15(19-9-20)12(5-2)11(3)13-7-16-17(8-14(13)18)22-10-21-16/h4-9,11H,2,10H2,1,3H3,(H,19,20)/b6-4-,15-12-. The van der Waals surface area contributed by atoms with Crippen molar-refractivity contribution in [3.63, 3.8) is 0 Å². The zero-order valence-corrected chi connectivity index (χ0v) is 14.1. The Morgan fingerprint density at radius 3 is 2.68 bits per heavy atom. The molecule has 22 heavy (non-hydrogen) atoms. The Kier molecular flexibility index (Phi) is 5.44. The third kappa shape index (κ3) is 3.25. The van der Waals surface area contributed by atoms with Gasteiger partial charge in [0.15, 0.2) is 11.5 Å². The van der Waals surface area contributed by atoms with Crippen molar-refractivity contribution in [3.8, 4) is 11.5 Å². The van der Waals surface area contributed by atoms with E-state index in [1.165, 1.54) is 0 Å². The minimum Gasteiger partial charge on any atom is -0.454 e. The average molecular weight is 364 g/mol. The Hall–Kier alpha value is -2.01. The van der Waals surface area contributed by atoms with Crippen LogP contribution in [-0.4, -0.2) is 13.2 Å². The second-order valence-electron chi connectivity index (χ2n) is 4.78. The van der Waals surface area contributed by atoms with Crippen LogP contribution in [0.25, 0.3) is 0 Å². The van der Waals surface area contributed by atoms with Crippen molar-refractivity contribution in [3.05, 3.63) is 58.2 Å². The number of carbonyl (C=O) groups excluding carboxylic acids is 1. The lowest BCUT2D eigenvalue weighted by Gasteiger charge is -2.18. The summed E-state index contributed by atoms with van der Waals surface area (Å²) in [4.78, 5) is 10.8. The molecule has 5 heteroatoms. The smallest absolute Gasteiger partial charge is 0.231 e. The summed E-state index contributed by atoms with van der Waals surface area (Å²) in [7, 11) is 0. The molecule has 0 aromatic heterocycles. The second-order valence-corrected chi connectivity index (χ2v) is 5.64. The quantitative estimate of drug-likeness (QED) is 0.612. The van der Waals surface area contributed by atoms with Crippen LogP contribution in [0.15, 0.2) is 52.7 Å². The van der Waals surface area contributed by atoms with Gasteiger partial charge < -0.3 is 14.8 Å². The average Bonchev–Trinajstić information content (AvgIpc) is 2.94. The van der Waals surface area contributed by atoms with Crippen molar-refractivity contribution in [2.24, 2.45) is 0 Å². The molecule has 1 aliphatic rings. The molecule has 1 unspecified atom stereocenters. The van der Waals surface area contributed by atoms with E-state index < -0.39 is 0 Å². The van der Waals surface area contributed by atoms with Gasteiger partial charge >= 0.3 is 0 Å². The number of hydrogen-bond acceptors (Lipinski definition) is 3. The van der Waals surface area contributed by atoms with Crippen molar-refractivity contribution in [2.45, 2.75) is 19.8 Å². The normalized spacial score (nSPS) is 15.4. The van der Waals surface area contributed by atoms with E-state index in [1.807, 2.05) is 31.2 Å². The minimum atomic E-state index is 0.0139. The molecule has 0 radical (unpaired) electrons. The van der Waals surface area contributed by atoms with Crippen LogP contribution in [0, 0.1) is 0 Å². The predicted octanol–water partition coefficient (Wildman–Crippen LogP) is 4.04. The van der Waals surface area contributed by atoms with E-state index >= 15 is 0 Å². The van der Waals surface area contributed by atoms with Gasteiger partial charge in [-0.05, 0) is 36.3 Å². The van der Waals surface area contributed by atoms with Gasteiger partial charge in [-0.25, -0.2) is 0 Å². The Bertz CT molecular complexity index is 650. The molecule has 0 aliphatic carbocycles. The van der Waals surface area contributed by atoms with Gasteiger partial charge in [0.1, 0.15) is 0 Å². The molecule has 1 atom stereocenters. The van der Waals surface area contributed by atoms with E-state index in [9.17, 15) is 4.79 Å². The number of fused-ring (bicyclic) bond motifs is 1. The molecule has 2 rings (SSSR count). The Labute approximate surface area is 138 Å². The fraction of sp³-hybridized carbons (Fsp3) is 0.235. The summed E-state index contributed by atoms with van der Waals surface area (Å²) in [5, 5.41) is 2.73. The number of benzene rings is 1. The minimum absolute atomic E-state index is 0.0139. The monoisotopic (exact) mass is 363 g/mol. The van der Waals surface area contributed by atoms with E-state index in [4.69, 9.17) is 9.47 Å². The number of amides is 1. The number of allylic oxidation sites excluding steroid dienone is 4. The van der Waals surface area contributed by atoms with Crippen LogP contribution in [0.1, 0.15) is 25.3 Å². The number of rotatable bonds is 6. The third-order valence-electron chi connectivity index (χ3n) is 3.50. The highest BCUT2D eigenvalue weighted by Gasteiger charge is 2.21. The van der Waals surface area contributed by atoms with E-state index in [2.05, 4.69) is 34.7 Å². The van der Waals surface area contributed by atoms with Crippen molar-refractivity contribution in [1.82, 2.24) is 5.32 Å². The molecule has 1 N–H and O–H groups in total. The first kappa shape index (κ1) is 16.4. The number of nitrogens with one attached hydrogen (secondary N) is 1. The molecule has 0 saturated heterocycles. The zero-order valence-electron chi connectivity index (χ0n) is 12.6. The van der Waals surface area contributed by atoms with Crippen LogP contribution in [0.4, 0.5) is 0 Å². The van der Waals surface area contributed by atoms with Gasteiger partial charge in [-0.2, -0.15) is 0 Å². The molecular formula is C17H18BrNO3. The Morgan fingerprint density at radius 2 is 2.09 bits per heavy atom. The molecule has 1 aromatic carbocycles. The summed E-state index contributed by atoms with van der Waals surface area (Å²) >= 11 is 3.57. The maximum Gasteiger partial charge on any atom is 0.231 e. The van der Waals surface area contributed by atoms with Gasteiger partial charge in [0.2, 0.25) is 13.2 Å². The first-order chi connectivity index (χ1) is 10.6. The van der Waals surface area contributed by atoms with Crippen molar-refractivity contribution < 1.29 is 14.3 Å². The lowest BCUT2D eigenvalue weighted by Crippen LogP contribution is -2.13. The van der Waals surface area contributed by atoms with Gasteiger partial charge in [0.05, 0.1) is 0 Å². The summed E-state index contributed by atoms with van der Waals surface area (Å²) in [5.74, 6) is 1.47. The van der Waals surface area contributed by atoms with Gasteiger partial charge in [-0.1, -0.05) is 41.6 Å². The molecule has 1 amide bonds. The summed E-state index contributed by atoms with van der Waals surface area (Å²) in [6.07, 6.45) is 6.15. The number of halogens is 1. The van der Waals surface area contributed by atoms with Crippen LogP contribution >= 0.6 is 15.9 Å². The summed E-state index contributed by atoms with van der Waals surface area (Å²) in [6, 6.07) is 3.85. The second kappa shape index (κ2) is 7.31. The molecule has 116 valence electrons. The van der Waals surface area contributed by atoms with Gasteiger partial charge in [0, 0.05) is 16.1 Å². The maximum atomic E-state index is 10.8. The summed E-state index contributed by atoms with van der Waals surface area (Å²) in [5.41, 5.74) is 2.68. The predicted molar refractivity (Wildman–Crippen MR) is 89.9 cm³/mol. The third-order valence-corrected chi connectivity index (χ3v) is 4.19. The van der Waals surface area contributed by atoms with E-state index in [0.29, 0.717) is 6.41 Å². The molecule has 0 fully saturated rings. The number of hydrogen-bond donors (Lipinski definition) is 1. The van der Waals surface area contributed by atoms with Gasteiger partial charge in [-0.15, -0.1) is 0 Å². The van der Waals surface area contributed by atoms with E-state index in [-0.39, 0.29) is 12.7 Å². The molecule has 0 bridgehead atoms. The van der Waals surface area contributed by atoms with E-state index in [1.54, 1.807) is 6.08 Å². The highest BCUT2D eigenvalue weighted by Crippen LogP contribution is 2.41. The molecular weight excluding hydrogens is 346 g/mol. The fourth-order valence-corrected chi connectivity index (χ4v) is 3.08. The molecule has 0 saturated carbocycles. The molecule has 1 aromatic rings. The SMILES string of the molecule is C=C/C(=C(\C=C/C)NC=O)C(C)c1cc2c(cc1Br)OCO2. The van der Waals surface area contributed by atoms with Crippen LogP contribution in [0.2, 0.25) is 0 Å². The lowest BCUT2D eigenvalue weighted by molar-refractivity contribution is -0.108.